The quantitative estimate of drug-likeness (QED) is 0.785. The summed E-state index contributed by atoms with van der Waals surface area (Å²) >= 11 is 7.36. The van der Waals surface area contributed by atoms with Crippen molar-refractivity contribution < 1.29 is 9.32 Å². The molecule has 21 heavy (non-hydrogen) atoms. The van der Waals surface area contributed by atoms with E-state index in [-0.39, 0.29) is 11.2 Å². The molecule has 0 saturated heterocycles. The van der Waals surface area contributed by atoms with E-state index in [9.17, 15) is 4.79 Å². The number of aromatic nitrogens is 1. The Hall–Kier alpha value is -1.46. The first-order valence-electron chi connectivity index (χ1n) is 6.55. The highest BCUT2D eigenvalue weighted by Gasteiger charge is 2.19. The summed E-state index contributed by atoms with van der Waals surface area (Å²) in [6, 6.07) is 9.31. The number of carbonyl (C=O) groups excluding carboxylic acids is 1. The van der Waals surface area contributed by atoms with Gasteiger partial charge in [0.2, 0.25) is 5.91 Å². The van der Waals surface area contributed by atoms with Crippen molar-refractivity contribution in [1.82, 2.24) is 10.1 Å². The first kappa shape index (κ1) is 15.9. The Morgan fingerprint density at radius 1 is 1.43 bits per heavy atom. The molecule has 1 aromatic heterocycles. The van der Waals surface area contributed by atoms with Crippen molar-refractivity contribution in [3.63, 3.8) is 0 Å². The van der Waals surface area contributed by atoms with Crippen LogP contribution in [0.25, 0.3) is 0 Å². The third kappa shape index (κ3) is 4.51. The van der Waals surface area contributed by atoms with Crippen molar-refractivity contribution in [3.05, 3.63) is 46.8 Å². The van der Waals surface area contributed by atoms with Crippen molar-refractivity contribution >= 4 is 29.3 Å². The Balaban J connectivity index is 1.93. The number of hydrogen-bond acceptors (Lipinski definition) is 4. The van der Waals surface area contributed by atoms with Crippen molar-refractivity contribution in [3.8, 4) is 0 Å². The van der Waals surface area contributed by atoms with Crippen LogP contribution in [0.5, 0.6) is 0 Å². The molecular formula is C15H17ClN2O2S. The van der Waals surface area contributed by atoms with Crippen LogP contribution in [-0.4, -0.2) is 28.3 Å². The fourth-order valence-electron chi connectivity index (χ4n) is 1.89. The van der Waals surface area contributed by atoms with Crippen molar-refractivity contribution in [2.24, 2.45) is 0 Å². The number of carbonyl (C=O) groups is 1. The SMILES string of the molecule is Cc1cc(CN(C)C(=O)C(C)Sc2ccc(Cl)cc2)no1. The van der Waals surface area contributed by atoms with E-state index in [1.54, 1.807) is 11.9 Å². The number of amides is 1. The van der Waals surface area contributed by atoms with E-state index in [0.717, 1.165) is 16.3 Å². The number of nitrogens with zero attached hydrogens (tertiary/aromatic N) is 2. The second kappa shape index (κ2) is 7.00. The van der Waals surface area contributed by atoms with Crippen LogP contribution in [0.2, 0.25) is 5.02 Å². The predicted molar refractivity (Wildman–Crippen MR) is 84.5 cm³/mol. The summed E-state index contributed by atoms with van der Waals surface area (Å²) < 4.78 is 5.01. The Labute approximate surface area is 133 Å². The first-order valence-corrected chi connectivity index (χ1v) is 7.81. The third-order valence-electron chi connectivity index (χ3n) is 2.93. The molecule has 1 heterocycles. The lowest BCUT2D eigenvalue weighted by molar-refractivity contribution is -0.129. The maximum absolute atomic E-state index is 12.3. The number of rotatable bonds is 5. The molecule has 0 fully saturated rings. The largest absolute Gasteiger partial charge is 0.361 e. The second-order valence-corrected chi connectivity index (χ2v) is 6.69. The number of halogens is 1. The molecule has 0 bridgehead atoms. The lowest BCUT2D eigenvalue weighted by Crippen LogP contribution is -2.32. The van der Waals surface area contributed by atoms with E-state index in [1.165, 1.54) is 11.8 Å². The summed E-state index contributed by atoms with van der Waals surface area (Å²) in [6.45, 7) is 4.17. The maximum Gasteiger partial charge on any atom is 0.235 e. The first-order chi connectivity index (χ1) is 9.95. The zero-order valence-electron chi connectivity index (χ0n) is 12.2. The highest BCUT2D eigenvalue weighted by Crippen LogP contribution is 2.25. The van der Waals surface area contributed by atoms with E-state index < -0.39 is 0 Å². The highest BCUT2D eigenvalue weighted by atomic mass is 35.5. The molecule has 112 valence electrons. The molecular weight excluding hydrogens is 308 g/mol. The van der Waals surface area contributed by atoms with E-state index in [1.807, 2.05) is 44.2 Å². The minimum Gasteiger partial charge on any atom is -0.361 e. The second-order valence-electron chi connectivity index (χ2n) is 4.84. The van der Waals surface area contributed by atoms with Gasteiger partial charge in [-0.15, -0.1) is 11.8 Å². The maximum atomic E-state index is 12.3. The summed E-state index contributed by atoms with van der Waals surface area (Å²) in [6.07, 6.45) is 0. The Morgan fingerprint density at radius 3 is 2.67 bits per heavy atom. The van der Waals surface area contributed by atoms with Gasteiger partial charge in [0.15, 0.2) is 0 Å². The lowest BCUT2D eigenvalue weighted by atomic mass is 10.3. The number of hydrogen-bond donors (Lipinski definition) is 0. The summed E-state index contributed by atoms with van der Waals surface area (Å²) in [5.41, 5.74) is 0.757. The Bertz CT molecular complexity index is 612. The van der Waals surface area contributed by atoms with E-state index in [4.69, 9.17) is 16.1 Å². The Morgan fingerprint density at radius 2 is 2.10 bits per heavy atom. The average molecular weight is 325 g/mol. The van der Waals surface area contributed by atoms with Gasteiger partial charge in [0.1, 0.15) is 11.5 Å². The molecule has 4 nitrogen and oxygen atoms in total. The van der Waals surface area contributed by atoms with Crippen LogP contribution in [0.3, 0.4) is 0 Å². The van der Waals surface area contributed by atoms with E-state index >= 15 is 0 Å². The lowest BCUT2D eigenvalue weighted by Gasteiger charge is -2.20. The zero-order chi connectivity index (χ0) is 15.4. The molecule has 0 aliphatic carbocycles. The van der Waals surface area contributed by atoms with Crippen LogP contribution in [-0.2, 0) is 11.3 Å². The molecule has 0 N–H and O–H groups in total. The molecule has 2 aromatic rings. The molecule has 1 amide bonds. The molecule has 1 atom stereocenters. The Kier molecular flexibility index (Phi) is 5.31. The van der Waals surface area contributed by atoms with Crippen LogP contribution in [0.15, 0.2) is 39.8 Å². The van der Waals surface area contributed by atoms with Crippen molar-refractivity contribution in [1.29, 1.82) is 0 Å². The standard InChI is InChI=1S/C15H17ClN2O2S/c1-10-8-13(17-20-10)9-18(3)15(19)11(2)21-14-6-4-12(16)5-7-14/h4-8,11H,9H2,1-3H3. The van der Waals surface area contributed by atoms with Crippen molar-refractivity contribution in [2.75, 3.05) is 7.05 Å². The van der Waals surface area contributed by atoms with Crippen LogP contribution < -0.4 is 0 Å². The highest BCUT2D eigenvalue weighted by molar-refractivity contribution is 8.00. The predicted octanol–water partition coefficient (Wildman–Crippen LogP) is 3.78. The van der Waals surface area contributed by atoms with Gasteiger partial charge in [0.05, 0.1) is 11.8 Å². The van der Waals surface area contributed by atoms with Crippen LogP contribution in [0, 0.1) is 6.92 Å². The summed E-state index contributed by atoms with van der Waals surface area (Å²) in [5, 5.41) is 4.42. The van der Waals surface area contributed by atoms with Crippen LogP contribution >= 0.6 is 23.4 Å². The molecule has 0 aliphatic heterocycles. The van der Waals surface area contributed by atoms with Crippen LogP contribution in [0.1, 0.15) is 18.4 Å². The van der Waals surface area contributed by atoms with Gasteiger partial charge in [-0.3, -0.25) is 4.79 Å². The minimum atomic E-state index is -0.177. The number of aryl methyl sites for hydroxylation is 1. The van der Waals surface area contributed by atoms with E-state index in [2.05, 4.69) is 5.16 Å². The number of thioether (sulfide) groups is 1. The van der Waals surface area contributed by atoms with Gasteiger partial charge in [0.25, 0.3) is 0 Å². The molecule has 1 unspecified atom stereocenters. The van der Waals surface area contributed by atoms with Gasteiger partial charge in [0, 0.05) is 23.0 Å². The topological polar surface area (TPSA) is 46.3 Å². The van der Waals surface area contributed by atoms with Gasteiger partial charge in [-0.05, 0) is 38.1 Å². The molecule has 1 aromatic carbocycles. The van der Waals surface area contributed by atoms with Gasteiger partial charge in [-0.25, -0.2) is 0 Å². The zero-order valence-corrected chi connectivity index (χ0v) is 13.7. The monoisotopic (exact) mass is 324 g/mol. The van der Waals surface area contributed by atoms with E-state index in [0.29, 0.717) is 11.6 Å². The van der Waals surface area contributed by atoms with Crippen molar-refractivity contribution in [2.45, 2.75) is 30.5 Å². The fraction of sp³-hybridized carbons (Fsp3) is 0.333. The molecule has 0 saturated carbocycles. The van der Waals surface area contributed by atoms with Gasteiger partial charge in [-0.1, -0.05) is 16.8 Å². The van der Waals surface area contributed by atoms with Crippen LogP contribution in [0.4, 0.5) is 0 Å². The van der Waals surface area contributed by atoms with Gasteiger partial charge < -0.3 is 9.42 Å². The molecule has 2 rings (SSSR count). The van der Waals surface area contributed by atoms with Gasteiger partial charge in [-0.2, -0.15) is 0 Å². The van der Waals surface area contributed by atoms with Gasteiger partial charge >= 0.3 is 0 Å². The minimum absolute atomic E-state index is 0.0515. The number of benzene rings is 1. The summed E-state index contributed by atoms with van der Waals surface area (Å²) in [7, 11) is 1.77. The fourth-order valence-corrected chi connectivity index (χ4v) is 3.00. The average Bonchev–Trinajstić information content (AvgIpc) is 2.85. The molecule has 0 radical (unpaired) electrons. The molecule has 6 heteroatoms. The third-order valence-corrected chi connectivity index (χ3v) is 4.28. The summed E-state index contributed by atoms with van der Waals surface area (Å²) in [5.74, 6) is 0.796. The molecule has 0 spiro atoms. The molecule has 0 aliphatic rings. The smallest absolute Gasteiger partial charge is 0.235 e. The normalized spacial score (nSPS) is 12.2. The summed E-state index contributed by atoms with van der Waals surface area (Å²) in [4.78, 5) is 15.0.